The van der Waals surface area contributed by atoms with E-state index < -0.39 is 17.3 Å². The fraction of sp³-hybridized carbons (Fsp3) is 1.00. The molecule has 0 bridgehead atoms. The van der Waals surface area contributed by atoms with Crippen LogP contribution < -0.4 is 0 Å². The third kappa shape index (κ3) is 3.28. The van der Waals surface area contributed by atoms with Crippen molar-refractivity contribution in [2.75, 3.05) is 0 Å². The Labute approximate surface area is 169 Å². The Bertz CT molecular complexity index is 523. The number of hydrogen-bond donors (Lipinski definition) is 3. The Hall–Kier alpha value is 0.840. The van der Waals surface area contributed by atoms with Crippen molar-refractivity contribution >= 4 is 31.9 Å². The fourth-order valence-corrected chi connectivity index (χ4v) is 7.60. The van der Waals surface area contributed by atoms with Gasteiger partial charge < -0.3 is 15.3 Å². The summed E-state index contributed by atoms with van der Waals surface area (Å²) in [5.74, 6) is -0.0324. The van der Waals surface area contributed by atoms with Crippen molar-refractivity contribution in [2.24, 2.45) is 22.7 Å². The molecule has 3 nitrogen and oxygen atoms in total. The van der Waals surface area contributed by atoms with E-state index in [9.17, 15) is 15.3 Å². The molecule has 3 saturated carbocycles. The lowest BCUT2D eigenvalue weighted by Gasteiger charge is -2.54. The first-order valence-corrected chi connectivity index (χ1v) is 11.6. The van der Waals surface area contributed by atoms with Crippen molar-refractivity contribution in [3.05, 3.63) is 0 Å². The normalized spacial score (nSPS) is 54.1. The number of hydrogen-bond acceptors (Lipinski definition) is 3. The molecule has 0 heterocycles. The highest BCUT2D eigenvalue weighted by Gasteiger charge is 2.62. The highest BCUT2D eigenvalue weighted by Crippen LogP contribution is 2.62. The van der Waals surface area contributed by atoms with Gasteiger partial charge in [-0.2, -0.15) is 0 Å². The van der Waals surface area contributed by atoms with Gasteiger partial charge in [-0.15, -0.1) is 0 Å². The lowest BCUT2D eigenvalue weighted by Crippen LogP contribution is -2.59. The Morgan fingerprint density at radius 2 is 1.48 bits per heavy atom. The van der Waals surface area contributed by atoms with E-state index in [0.29, 0.717) is 22.5 Å². The van der Waals surface area contributed by atoms with E-state index in [2.05, 4.69) is 52.6 Å². The van der Waals surface area contributed by atoms with Gasteiger partial charge in [0.15, 0.2) is 0 Å². The maximum absolute atomic E-state index is 11.4. The predicted molar refractivity (Wildman–Crippen MR) is 108 cm³/mol. The maximum Gasteiger partial charge on any atom is 0.0914 e. The predicted octanol–water partition coefficient (Wildman–Crippen LogP) is 4.39. The Balaban J connectivity index is 1.88. The smallest absolute Gasteiger partial charge is 0.0914 e. The Morgan fingerprint density at radius 3 is 2.08 bits per heavy atom. The van der Waals surface area contributed by atoms with E-state index in [1.54, 1.807) is 0 Å². The Kier molecular flexibility index (Phi) is 5.29. The molecule has 0 aromatic heterocycles. The van der Waals surface area contributed by atoms with Crippen molar-refractivity contribution < 1.29 is 15.3 Å². The summed E-state index contributed by atoms with van der Waals surface area (Å²) >= 11 is 7.60. The zero-order valence-electron chi connectivity index (χ0n) is 15.9. The van der Waals surface area contributed by atoms with Crippen molar-refractivity contribution in [2.45, 2.75) is 99.6 Å². The summed E-state index contributed by atoms with van der Waals surface area (Å²) in [6.45, 7) is 8.50. The zero-order chi connectivity index (χ0) is 18.8. The SMILES string of the molecule is CC1(C)C[C@@](O)([C@H](O)[C@@H]2CC[C@]3(C)[C@@H](Br)CC[C@@](C)(O)[C@@H]23)CC[C@@H]1Br. The molecule has 0 saturated heterocycles. The molecule has 0 unspecified atom stereocenters. The number of aliphatic hydroxyl groups is 3. The molecular weight excluding hydrogens is 448 g/mol. The molecule has 0 radical (unpaired) electrons. The van der Waals surface area contributed by atoms with Crippen LogP contribution in [-0.4, -0.2) is 42.3 Å². The third-order valence-corrected chi connectivity index (χ3v) is 11.0. The molecule has 3 aliphatic rings. The molecule has 8 atom stereocenters. The lowest BCUT2D eigenvalue weighted by molar-refractivity contribution is -0.172. The molecule has 146 valence electrons. The number of alkyl halides is 2. The molecule has 3 aliphatic carbocycles. The summed E-state index contributed by atoms with van der Waals surface area (Å²) in [6.07, 6.45) is 4.89. The molecule has 0 aromatic carbocycles. The summed E-state index contributed by atoms with van der Waals surface area (Å²) in [6, 6.07) is 0. The van der Waals surface area contributed by atoms with Crippen LogP contribution in [0.15, 0.2) is 0 Å². The monoisotopic (exact) mass is 480 g/mol. The first-order valence-electron chi connectivity index (χ1n) is 9.74. The van der Waals surface area contributed by atoms with Gasteiger partial charge >= 0.3 is 0 Å². The first-order chi connectivity index (χ1) is 11.3. The van der Waals surface area contributed by atoms with Crippen molar-refractivity contribution in [3.63, 3.8) is 0 Å². The topological polar surface area (TPSA) is 60.7 Å². The van der Waals surface area contributed by atoms with Crippen LogP contribution in [0.1, 0.15) is 72.6 Å². The van der Waals surface area contributed by atoms with Crippen LogP contribution in [0, 0.1) is 22.7 Å². The van der Waals surface area contributed by atoms with E-state index in [1.807, 2.05) is 6.92 Å². The first kappa shape index (κ1) is 20.6. The summed E-state index contributed by atoms with van der Waals surface area (Å²) in [4.78, 5) is 0.734. The van der Waals surface area contributed by atoms with Crippen molar-refractivity contribution in [1.29, 1.82) is 0 Å². The van der Waals surface area contributed by atoms with Crippen LogP contribution in [0.4, 0.5) is 0 Å². The average Bonchev–Trinajstić information content (AvgIpc) is 2.87. The number of halogens is 2. The van der Waals surface area contributed by atoms with Crippen molar-refractivity contribution in [3.8, 4) is 0 Å². The molecule has 5 heteroatoms. The van der Waals surface area contributed by atoms with Gasteiger partial charge in [0.05, 0.1) is 17.3 Å². The lowest BCUT2D eigenvalue weighted by atomic mass is 9.57. The molecule has 3 fully saturated rings. The Morgan fingerprint density at radius 1 is 0.880 bits per heavy atom. The maximum atomic E-state index is 11.4. The quantitative estimate of drug-likeness (QED) is 0.512. The van der Waals surface area contributed by atoms with Gasteiger partial charge in [0, 0.05) is 9.65 Å². The average molecular weight is 482 g/mol. The van der Waals surface area contributed by atoms with Gasteiger partial charge in [0.2, 0.25) is 0 Å². The number of aliphatic hydroxyl groups excluding tert-OH is 1. The van der Waals surface area contributed by atoms with Crippen LogP contribution in [-0.2, 0) is 0 Å². The van der Waals surface area contributed by atoms with Crippen LogP contribution in [0.3, 0.4) is 0 Å². The standard InChI is InChI=1S/C20H34Br2O3/c1-17(2)11-20(25,10-7-13(17)21)16(23)12-5-8-18(3)14(22)6-9-19(4,24)15(12)18/h12-16,23-25H,5-11H2,1-4H3/t12-,13+,14+,15+,16-,18-,19-,20-/m1/s1. The second kappa shape index (κ2) is 6.43. The van der Waals surface area contributed by atoms with E-state index in [-0.39, 0.29) is 22.7 Å². The van der Waals surface area contributed by atoms with E-state index in [4.69, 9.17) is 0 Å². The highest BCUT2D eigenvalue weighted by atomic mass is 79.9. The molecule has 0 aromatic rings. The van der Waals surface area contributed by atoms with E-state index in [1.165, 1.54) is 0 Å². The van der Waals surface area contributed by atoms with Gasteiger partial charge in [-0.1, -0.05) is 52.6 Å². The minimum absolute atomic E-state index is 0.0157. The summed E-state index contributed by atoms with van der Waals surface area (Å²) in [7, 11) is 0. The van der Waals surface area contributed by atoms with E-state index in [0.717, 1.165) is 32.1 Å². The van der Waals surface area contributed by atoms with Crippen LogP contribution >= 0.6 is 31.9 Å². The van der Waals surface area contributed by atoms with E-state index >= 15 is 0 Å². The summed E-state index contributed by atoms with van der Waals surface area (Å²) < 4.78 is 0. The zero-order valence-corrected chi connectivity index (χ0v) is 19.1. The highest BCUT2D eigenvalue weighted by molar-refractivity contribution is 9.09. The molecule has 0 spiro atoms. The minimum atomic E-state index is -1.06. The second-order valence-corrected chi connectivity index (χ2v) is 12.5. The fourth-order valence-electron chi connectivity index (χ4n) is 6.46. The van der Waals surface area contributed by atoms with Gasteiger partial charge in [-0.05, 0) is 74.5 Å². The van der Waals surface area contributed by atoms with Gasteiger partial charge in [-0.25, -0.2) is 0 Å². The largest absolute Gasteiger partial charge is 0.390 e. The van der Waals surface area contributed by atoms with Gasteiger partial charge in [-0.3, -0.25) is 0 Å². The van der Waals surface area contributed by atoms with Gasteiger partial charge in [0.25, 0.3) is 0 Å². The molecular formula is C20H34Br2O3. The minimum Gasteiger partial charge on any atom is -0.390 e. The molecule has 0 aliphatic heterocycles. The molecule has 3 N–H and O–H groups in total. The van der Waals surface area contributed by atoms with Crippen LogP contribution in [0.25, 0.3) is 0 Å². The second-order valence-electron chi connectivity index (χ2n) is 10.3. The number of rotatable bonds is 2. The summed E-state index contributed by atoms with van der Waals surface area (Å²) in [5.41, 5.74) is -1.91. The van der Waals surface area contributed by atoms with Crippen LogP contribution in [0.2, 0.25) is 0 Å². The molecule has 25 heavy (non-hydrogen) atoms. The van der Waals surface area contributed by atoms with Gasteiger partial charge in [0.1, 0.15) is 0 Å². The number of fused-ring (bicyclic) bond motifs is 1. The molecule has 0 amide bonds. The van der Waals surface area contributed by atoms with Crippen molar-refractivity contribution in [1.82, 2.24) is 0 Å². The summed E-state index contributed by atoms with van der Waals surface area (Å²) in [5, 5.41) is 33.9. The van der Waals surface area contributed by atoms with Crippen LogP contribution in [0.5, 0.6) is 0 Å². The third-order valence-electron chi connectivity index (χ3n) is 7.84. The molecule has 3 rings (SSSR count).